The zero-order chi connectivity index (χ0) is 9.97. The summed E-state index contributed by atoms with van der Waals surface area (Å²) < 4.78 is 0. The second-order valence-electron chi connectivity index (χ2n) is 4.33. The fourth-order valence-electron chi connectivity index (χ4n) is 2.08. The summed E-state index contributed by atoms with van der Waals surface area (Å²) in [7, 11) is 0. The molecule has 0 saturated heterocycles. The molecule has 2 nitrogen and oxygen atoms in total. The average molecular weight is 191 g/mol. The van der Waals surface area contributed by atoms with Gasteiger partial charge < -0.3 is 5.73 Å². The molecule has 0 atom stereocenters. The van der Waals surface area contributed by atoms with Gasteiger partial charge >= 0.3 is 0 Å². The molecule has 2 rings (SSSR count). The quantitative estimate of drug-likeness (QED) is 0.680. The van der Waals surface area contributed by atoms with Crippen LogP contribution in [0.25, 0.3) is 0 Å². The van der Waals surface area contributed by atoms with Crippen LogP contribution in [0.1, 0.15) is 38.5 Å². The SMILES string of the molecule is NC(/C=C1/CC1=O)=C/C1CCCCC1. The van der Waals surface area contributed by atoms with E-state index < -0.39 is 0 Å². The Hall–Kier alpha value is -1.05. The normalized spacial score (nSPS) is 27.0. The van der Waals surface area contributed by atoms with Gasteiger partial charge in [-0.1, -0.05) is 25.3 Å². The summed E-state index contributed by atoms with van der Waals surface area (Å²) in [5.41, 5.74) is 7.53. The fraction of sp³-hybridized carbons (Fsp3) is 0.583. The van der Waals surface area contributed by atoms with Gasteiger partial charge in [-0.25, -0.2) is 0 Å². The van der Waals surface area contributed by atoms with E-state index in [4.69, 9.17) is 5.73 Å². The van der Waals surface area contributed by atoms with Crippen molar-refractivity contribution in [2.45, 2.75) is 38.5 Å². The Bertz CT molecular complexity index is 295. The van der Waals surface area contributed by atoms with E-state index in [2.05, 4.69) is 6.08 Å². The summed E-state index contributed by atoms with van der Waals surface area (Å²) in [6.07, 6.45) is 11.1. The first-order chi connectivity index (χ1) is 6.75. The minimum absolute atomic E-state index is 0.255. The van der Waals surface area contributed by atoms with Crippen LogP contribution in [0.2, 0.25) is 0 Å². The van der Waals surface area contributed by atoms with Crippen molar-refractivity contribution in [3.8, 4) is 0 Å². The van der Waals surface area contributed by atoms with E-state index >= 15 is 0 Å². The van der Waals surface area contributed by atoms with E-state index in [0.717, 1.165) is 11.3 Å². The third-order valence-corrected chi connectivity index (χ3v) is 3.00. The minimum Gasteiger partial charge on any atom is -0.399 e. The summed E-state index contributed by atoms with van der Waals surface area (Å²) in [5.74, 6) is 0.902. The molecule has 2 fully saturated rings. The van der Waals surface area contributed by atoms with Crippen LogP contribution in [0.5, 0.6) is 0 Å². The molecule has 2 aliphatic rings. The Morgan fingerprint density at radius 3 is 2.50 bits per heavy atom. The maximum atomic E-state index is 10.8. The van der Waals surface area contributed by atoms with Gasteiger partial charge in [0.15, 0.2) is 5.78 Å². The molecule has 2 saturated carbocycles. The van der Waals surface area contributed by atoms with E-state index in [1.165, 1.54) is 32.1 Å². The first kappa shape index (κ1) is 9.50. The summed E-state index contributed by atoms with van der Waals surface area (Å²) in [6.45, 7) is 0. The third-order valence-electron chi connectivity index (χ3n) is 3.00. The zero-order valence-electron chi connectivity index (χ0n) is 8.46. The van der Waals surface area contributed by atoms with Gasteiger partial charge in [-0.3, -0.25) is 4.79 Å². The Morgan fingerprint density at radius 2 is 1.93 bits per heavy atom. The van der Waals surface area contributed by atoms with E-state index in [9.17, 15) is 4.79 Å². The fourth-order valence-corrected chi connectivity index (χ4v) is 2.08. The smallest absolute Gasteiger partial charge is 0.163 e. The summed E-state index contributed by atoms with van der Waals surface area (Å²) in [5, 5.41) is 0. The Balaban J connectivity index is 1.92. The molecule has 0 aromatic rings. The number of allylic oxidation sites excluding steroid dienone is 3. The molecule has 0 unspecified atom stereocenters. The highest BCUT2D eigenvalue weighted by Gasteiger charge is 2.25. The van der Waals surface area contributed by atoms with Crippen LogP contribution in [0.15, 0.2) is 23.4 Å². The molecule has 76 valence electrons. The van der Waals surface area contributed by atoms with E-state index in [1.54, 1.807) is 0 Å². The van der Waals surface area contributed by atoms with Crippen molar-refractivity contribution in [2.75, 3.05) is 0 Å². The lowest BCUT2D eigenvalue weighted by Crippen LogP contribution is -2.06. The number of rotatable bonds is 2. The third kappa shape index (κ3) is 2.47. The maximum absolute atomic E-state index is 10.8. The molecule has 0 aromatic heterocycles. The van der Waals surface area contributed by atoms with E-state index in [1.807, 2.05) is 6.08 Å². The van der Waals surface area contributed by atoms with E-state index in [0.29, 0.717) is 12.3 Å². The van der Waals surface area contributed by atoms with Crippen molar-refractivity contribution >= 4 is 5.78 Å². The molecule has 0 aromatic carbocycles. The number of carbonyl (C=O) groups excluding carboxylic acids is 1. The molecule has 14 heavy (non-hydrogen) atoms. The standard InChI is InChI=1S/C12H17NO/c13-11(7-10-8-12(10)14)6-9-4-2-1-3-5-9/h6-7,9H,1-5,8,13H2/b10-7-,11-6+. The molecule has 2 N–H and O–H groups in total. The summed E-state index contributed by atoms with van der Waals surface area (Å²) in [6, 6.07) is 0. The lowest BCUT2D eigenvalue weighted by molar-refractivity contribution is -0.108. The molecule has 2 heteroatoms. The van der Waals surface area contributed by atoms with Crippen molar-refractivity contribution in [1.29, 1.82) is 0 Å². The Morgan fingerprint density at radius 1 is 1.29 bits per heavy atom. The number of Topliss-reactive ketones (excluding diaryl/α,β-unsaturated/α-hetero) is 1. The summed E-state index contributed by atoms with van der Waals surface area (Å²) in [4.78, 5) is 10.8. The van der Waals surface area contributed by atoms with Crippen LogP contribution >= 0.6 is 0 Å². The van der Waals surface area contributed by atoms with Gasteiger partial charge in [0.1, 0.15) is 0 Å². The first-order valence-electron chi connectivity index (χ1n) is 5.47. The van der Waals surface area contributed by atoms with Crippen molar-refractivity contribution in [2.24, 2.45) is 11.7 Å². The molecule has 0 amide bonds. The lowest BCUT2D eigenvalue weighted by Gasteiger charge is -2.18. The van der Waals surface area contributed by atoms with Crippen molar-refractivity contribution < 1.29 is 4.79 Å². The van der Waals surface area contributed by atoms with Crippen LogP contribution in [-0.4, -0.2) is 5.78 Å². The van der Waals surface area contributed by atoms with Gasteiger partial charge in [0, 0.05) is 17.7 Å². The number of hydrogen-bond acceptors (Lipinski definition) is 2. The monoisotopic (exact) mass is 191 g/mol. The van der Waals surface area contributed by atoms with Gasteiger partial charge in [-0.2, -0.15) is 0 Å². The van der Waals surface area contributed by atoms with E-state index in [-0.39, 0.29) is 5.78 Å². The number of nitrogens with two attached hydrogens (primary N) is 1. The Kier molecular flexibility index (Phi) is 2.71. The molecule has 0 radical (unpaired) electrons. The maximum Gasteiger partial charge on any atom is 0.163 e. The van der Waals surface area contributed by atoms with Crippen LogP contribution in [0.4, 0.5) is 0 Å². The second-order valence-corrected chi connectivity index (χ2v) is 4.33. The highest BCUT2D eigenvalue weighted by Crippen LogP contribution is 2.27. The van der Waals surface area contributed by atoms with Crippen molar-refractivity contribution in [3.05, 3.63) is 23.4 Å². The summed E-state index contributed by atoms with van der Waals surface area (Å²) >= 11 is 0. The van der Waals surface area contributed by atoms with Crippen LogP contribution in [-0.2, 0) is 4.79 Å². The highest BCUT2D eigenvalue weighted by atomic mass is 16.1. The van der Waals surface area contributed by atoms with Gasteiger partial charge in [0.05, 0.1) is 0 Å². The minimum atomic E-state index is 0.255. The van der Waals surface area contributed by atoms with Crippen molar-refractivity contribution in [3.63, 3.8) is 0 Å². The molecular formula is C12H17NO. The largest absolute Gasteiger partial charge is 0.399 e. The van der Waals surface area contributed by atoms with Crippen molar-refractivity contribution in [1.82, 2.24) is 0 Å². The van der Waals surface area contributed by atoms with Crippen LogP contribution < -0.4 is 5.73 Å². The van der Waals surface area contributed by atoms with Gasteiger partial charge in [0.25, 0.3) is 0 Å². The van der Waals surface area contributed by atoms with Crippen LogP contribution in [0.3, 0.4) is 0 Å². The first-order valence-corrected chi connectivity index (χ1v) is 5.47. The van der Waals surface area contributed by atoms with Gasteiger partial charge in [-0.05, 0) is 24.8 Å². The second kappa shape index (κ2) is 3.99. The predicted octanol–water partition coefficient (Wildman–Crippen LogP) is 2.31. The Labute approximate surface area is 84.9 Å². The molecule has 0 heterocycles. The topological polar surface area (TPSA) is 43.1 Å². The molecule has 0 bridgehead atoms. The average Bonchev–Trinajstić information content (AvgIpc) is 2.83. The number of hydrogen-bond donors (Lipinski definition) is 1. The molecular weight excluding hydrogens is 174 g/mol. The lowest BCUT2D eigenvalue weighted by atomic mass is 9.88. The van der Waals surface area contributed by atoms with Gasteiger partial charge in [0.2, 0.25) is 0 Å². The number of ketones is 1. The molecule has 0 spiro atoms. The predicted molar refractivity (Wildman–Crippen MR) is 56.6 cm³/mol. The molecule has 0 aliphatic heterocycles. The number of carbonyl (C=O) groups is 1. The molecule has 2 aliphatic carbocycles. The zero-order valence-corrected chi connectivity index (χ0v) is 8.46. The van der Waals surface area contributed by atoms with Crippen LogP contribution in [0, 0.1) is 5.92 Å². The highest BCUT2D eigenvalue weighted by molar-refractivity contribution is 6.13. The van der Waals surface area contributed by atoms with Gasteiger partial charge in [-0.15, -0.1) is 0 Å².